The third-order valence-electron chi connectivity index (χ3n) is 3.67. The number of nitriles is 1. The van der Waals surface area contributed by atoms with E-state index in [4.69, 9.17) is 5.26 Å². The predicted octanol–water partition coefficient (Wildman–Crippen LogP) is 2.42. The molecule has 3 rings (SSSR count). The summed E-state index contributed by atoms with van der Waals surface area (Å²) in [6, 6.07) is 9.62. The number of hydrogen-bond donors (Lipinski definition) is 0. The van der Waals surface area contributed by atoms with Gasteiger partial charge in [0, 0.05) is 25.5 Å². The molecule has 1 saturated heterocycles. The molecule has 0 spiro atoms. The lowest BCUT2D eigenvalue weighted by molar-refractivity contribution is -0.128. The fraction of sp³-hybridized carbons (Fsp3) is 0.312. The first-order valence-corrected chi connectivity index (χ1v) is 8.19. The van der Waals surface area contributed by atoms with Gasteiger partial charge in [0.25, 0.3) is 0 Å². The van der Waals surface area contributed by atoms with Crippen LogP contribution >= 0.6 is 11.8 Å². The maximum Gasteiger partial charge on any atom is 0.233 e. The number of carbonyl (C=O) groups is 1. The summed E-state index contributed by atoms with van der Waals surface area (Å²) in [4.78, 5) is 18.1. The van der Waals surface area contributed by atoms with Gasteiger partial charge < -0.3 is 9.47 Å². The molecule has 0 N–H and O–H groups in total. The summed E-state index contributed by atoms with van der Waals surface area (Å²) < 4.78 is 2.02. The summed E-state index contributed by atoms with van der Waals surface area (Å²) in [7, 11) is 0. The van der Waals surface area contributed by atoms with Crippen LogP contribution in [0.4, 0.5) is 0 Å². The second-order valence-electron chi connectivity index (χ2n) is 5.14. The van der Waals surface area contributed by atoms with E-state index in [1.54, 1.807) is 24.3 Å². The fourth-order valence-corrected chi connectivity index (χ4v) is 3.76. The zero-order chi connectivity index (χ0) is 15.4. The molecule has 112 valence electrons. The van der Waals surface area contributed by atoms with Gasteiger partial charge in [0.2, 0.25) is 5.91 Å². The molecule has 0 aliphatic carbocycles. The number of rotatable bonds is 5. The van der Waals surface area contributed by atoms with Gasteiger partial charge in [-0.15, -0.1) is 11.8 Å². The highest BCUT2D eigenvalue weighted by Crippen LogP contribution is 2.38. The fourth-order valence-electron chi connectivity index (χ4n) is 2.54. The normalized spacial score (nSPS) is 17.7. The molecule has 2 heterocycles. The zero-order valence-electron chi connectivity index (χ0n) is 12.1. The molecule has 1 aliphatic heterocycles. The minimum Gasteiger partial charge on any atom is -0.337 e. The molecule has 1 unspecified atom stereocenters. The Morgan fingerprint density at radius 3 is 2.82 bits per heavy atom. The first kappa shape index (κ1) is 14.7. The van der Waals surface area contributed by atoms with E-state index < -0.39 is 0 Å². The molecule has 1 aromatic carbocycles. The van der Waals surface area contributed by atoms with Gasteiger partial charge in [0.15, 0.2) is 0 Å². The minimum atomic E-state index is 0.0584. The van der Waals surface area contributed by atoms with Crippen LogP contribution in [0.1, 0.15) is 22.9 Å². The third-order valence-corrected chi connectivity index (χ3v) is 4.92. The molecule has 5 nitrogen and oxygen atoms in total. The van der Waals surface area contributed by atoms with E-state index in [2.05, 4.69) is 11.1 Å². The van der Waals surface area contributed by atoms with E-state index in [9.17, 15) is 4.79 Å². The number of nitrogens with zero attached hydrogens (tertiary/aromatic N) is 4. The Kier molecular flexibility index (Phi) is 4.45. The van der Waals surface area contributed by atoms with Gasteiger partial charge in [0.1, 0.15) is 5.37 Å². The Morgan fingerprint density at radius 2 is 2.14 bits per heavy atom. The Morgan fingerprint density at radius 1 is 1.32 bits per heavy atom. The lowest BCUT2D eigenvalue weighted by Gasteiger charge is -2.24. The van der Waals surface area contributed by atoms with Gasteiger partial charge in [-0.25, -0.2) is 4.98 Å². The van der Waals surface area contributed by atoms with Gasteiger partial charge in [0.05, 0.1) is 23.7 Å². The summed E-state index contributed by atoms with van der Waals surface area (Å²) in [6.07, 6.45) is 6.38. The molecule has 6 heteroatoms. The summed E-state index contributed by atoms with van der Waals surface area (Å²) in [5.74, 6) is 0.709. The van der Waals surface area contributed by atoms with Crippen LogP contribution in [0.3, 0.4) is 0 Å². The van der Waals surface area contributed by atoms with Crippen molar-refractivity contribution >= 4 is 17.7 Å². The highest BCUT2D eigenvalue weighted by atomic mass is 32.2. The van der Waals surface area contributed by atoms with Gasteiger partial charge in [-0.05, 0) is 24.1 Å². The van der Waals surface area contributed by atoms with E-state index in [0.717, 1.165) is 25.1 Å². The Hall–Kier alpha value is -2.26. The average Bonchev–Trinajstić information content (AvgIpc) is 3.18. The first-order valence-electron chi connectivity index (χ1n) is 7.15. The van der Waals surface area contributed by atoms with Gasteiger partial charge in [-0.2, -0.15) is 5.26 Å². The minimum absolute atomic E-state index is 0.0584. The summed E-state index contributed by atoms with van der Waals surface area (Å²) >= 11 is 1.65. The maximum absolute atomic E-state index is 12.1. The molecule has 1 aromatic heterocycles. The standard InChI is InChI=1S/C16H16N4OS/c17-10-13-2-4-14(5-3-13)16-20(15(21)11-22-16)8-1-7-19-9-6-18-12-19/h2-6,9,12,16H,1,7-8,11H2. The molecule has 1 aliphatic rings. The molecule has 2 aromatic rings. The van der Waals surface area contributed by atoms with Crippen LogP contribution in [0.25, 0.3) is 0 Å². The quantitative estimate of drug-likeness (QED) is 0.850. The molecule has 1 fully saturated rings. The van der Waals surface area contributed by atoms with E-state index in [1.165, 1.54) is 0 Å². The number of hydrogen-bond acceptors (Lipinski definition) is 4. The van der Waals surface area contributed by atoms with Gasteiger partial charge in [-0.3, -0.25) is 4.79 Å². The topological polar surface area (TPSA) is 61.9 Å². The molecule has 1 atom stereocenters. The van der Waals surface area contributed by atoms with Gasteiger partial charge >= 0.3 is 0 Å². The lowest BCUT2D eigenvalue weighted by Crippen LogP contribution is -2.29. The van der Waals surface area contributed by atoms with E-state index in [-0.39, 0.29) is 11.3 Å². The number of aromatic nitrogens is 2. The third kappa shape index (κ3) is 3.15. The average molecular weight is 312 g/mol. The SMILES string of the molecule is N#Cc1ccc(C2SCC(=O)N2CCCn2ccnc2)cc1. The van der Waals surface area contributed by atoms with E-state index in [0.29, 0.717) is 11.3 Å². The van der Waals surface area contributed by atoms with Crippen molar-refractivity contribution in [3.8, 4) is 6.07 Å². The molecular weight excluding hydrogens is 296 g/mol. The zero-order valence-corrected chi connectivity index (χ0v) is 12.9. The molecule has 0 saturated carbocycles. The monoisotopic (exact) mass is 312 g/mol. The Bertz CT molecular complexity index is 675. The maximum atomic E-state index is 12.1. The van der Waals surface area contributed by atoms with Crippen molar-refractivity contribution in [1.82, 2.24) is 14.5 Å². The number of amides is 1. The Labute approximate surface area is 133 Å². The molecule has 0 bridgehead atoms. The number of benzene rings is 1. The summed E-state index contributed by atoms with van der Waals surface area (Å²) in [6.45, 7) is 1.59. The van der Waals surface area contributed by atoms with E-state index >= 15 is 0 Å². The molecular formula is C16H16N4OS. The summed E-state index contributed by atoms with van der Waals surface area (Å²) in [5.41, 5.74) is 1.72. The highest BCUT2D eigenvalue weighted by Gasteiger charge is 2.32. The predicted molar refractivity (Wildman–Crippen MR) is 84.9 cm³/mol. The van der Waals surface area contributed by atoms with Crippen molar-refractivity contribution < 1.29 is 4.79 Å². The van der Waals surface area contributed by atoms with Crippen molar-refractivity contribution in [2.45, 2.75) is 18.3 Å². The van der Waals surface area contributed by atoms with Crippen LogP contribution < -0.4 is 0 Å². The van der Waals surface area contributed by atoms with Crippen molar-refractivity contribution in [1.29, 1.82) is 5.26 Å². The highest BCUT2D eigenvalue weighted by molar-refractivity contribution is 8.00. The van der Waals surface area contributed by atoms with Crippen LogP contribution in [-0.4, -0.2) is 32.7 Å². The largest absolute Gasteiger partial charge is 0.337 e. The number of imidazole rings is 1. The smallest absolute Gasteiger partial charge is 0.233 e. The molecule has 1 amide bonds. The van der Waals surface area contributed by atoms with Crippen LogP contribution in [-0.2, 0) is 11.3 Å². The Balaban J connectivity index is 1.65. The van der Waals surface area contributed by atoms with Crippen LogP contribution in [0.15, 0.2) is 43.0 Å². The number of aryl methyl sites for hydroxylation is 1. The van der Waals surface area contributed by atoms with Crippen LogP contribution in [0.5, 0.6) is 0 Å². The number of thioether (sulfide) groups is 1. The number of carbonyl (C=O) groups excluding carboxylic acids is 1. The second kappa shape index (κ2) is 6.67. The van der Waals surface area contributed by atoms with Crippen molar-refractivity contribution in [3.05, 3.63) is 54.1 Å². The van der Waals surface area contributed by atoms with Crippen molar-refractivity contribution in [3.63, 3.8) is 0 Å². The lowest BCUT2D eigenvalue weighted by atomic mass is 10.1. The second-order valence-corrected chi connectivity index (χ2v) is 6.21. The van der Waals surface area contributed by atoms with Crippen molar-refractivity contribution in [2.24, 2.45) is 0 Å². The molecule has 22 heavy (non-hydrogen) atoms. The molecule has 0 radical (unpaired) electrons. The van der Waals surface area contributed by atoms with Crippen LogP contribution in [0, 0.1) is 11.3 Å². The van der Waals surface area contributed by atoms with Gasteiger partial charge in [-0.1, -0.05) is 12.1 Å². The first-order chi connectivity index (χ1) is 10.8. The summed E-state index contributed by atoms with van der Waals surface area (Å²) in [5, 5.41) is 8.93. The van der Waals surface area contributed by atoms with E-state index in [1.807, 2.05) is 39.9 Å². The van der Waals surface area contributed by atoms with Crippen LogP contribution in [0.2, 0.25) is 0 Å². The van der Waals surface area contributed by atoms with Crippen molar-refractivity contribution in [2.75, 3.05) is 12.3 Å².